The molecule has 0 aliphatic carbocycles. The zero-order chi connectivity index (χ0) is 9.14. The summed E-state index contributed by atoms with van der Waals surface area (Å²) in [6.07, 6.45) is 0.516. The van der Waals surface area contributed by atoms with Crippen molar-refractivity contribution in [2.45, 2.75) is 33.1 Å². The third-order valence-electron chi connectivity index (χ3n) is 1.83. The van der Waals surface area contributed by atoms with Crippen LogP contribution in [-0.2, 0) is 0 Å². The number of hydrogen-bond acceptors (Lipinski definition) is 2. The highest BCUT2D eigenvalue weighted by molar-refractivity contribution is 5.94. The van der Waals surface area contributed by atoms with Crippen LogP contribution >= 0.6 is 0 Å². The number of nitrogens with one attached hydrogen (secondary N) is 1. The maximum atomic E-state index is 11.2. The third-order valence-corrected chi connectivity index (χ3v) is 1.83. The second-order valence-electron chi connectivity index (χ2n) is 3.14. The molecule has 0 fully saturated rings. The van der Waals surface area contributed by atoms with Crippen molar-refractivity contribution >= 4 is 5.78 Å². The van der Waals surface area contributed by atoms with Gasteiger partial charge in [-0.1, -0.05) is 20.8 Å². The van der Waals surface area contributed by atoms with Crippen molar-refractivity contribution in [2.75, 3.05) is 0 Å². The van der Waals surface area contributed by atoms with Crippen LogP contribution in [-0.4, -0.2) is 16.0 Å². The number of ketones is 1. The molecule has 1 heterocycles. The minimum Gasteiger partial charge on any atom is -0.292 e. The molecule has 1 aromatic rings. The lowest BCUT2D eigenvalue weighted by Crippen LogP contribution is -1.95. The first-order chi connectivity index (χ1) is 5.65. The van der Waals surface area contributed by atoms with E-state index in [1.54, 1.807) is 0 Å². The first kappa shape index (κ1) is 8.97. The molecule has 0 aliphatic rings. The van der Waals surface area contributed by atoms with Crippen LogP contribution in [0.15, 0.2) is 6.07 Å². The Kier molecular flexibility index (Phi) is 2.63. The highest BCUT2D eigenvalue weighted by atomic mass is 16.1. The molecule has 0 amide bonds. The second kappa shape index (κ2) is 3.52. The van der Waals surface area contributed by atoms with Gasteiger partial charge in [0.05, 0.1) is 0 Å². The molecule has 0 saturated carbocycles. The molecule has 0 aromatic carbocycles. The summed E-state index contributed by atoms with van der Waals surface area (Å²) in [5.74, 6) is 0.494. The summed E-state index contributed by atoms with van der Waals surface area (Å²) in [7, 11) is 0. The Morgan fingerprint density at radius 3 is 2.75 bits per heavy atom. The summed E-state index contributed by atoms with van der Waals surface area (Å²) in [6, 6.07) is 1.83. The van der Waals surface area contributed by atoms with Gasteiger partial charge in [-0.25, -0.2) is 0 Å². The van der Waals surface area contributed by atoms with Crippen LogP contribution < -0.4 is 0 Å². The van der Waals surface area contributed by atoms with E-state index in [0.717, 1.165) is 5.69 Å². The van der Waals surface area contributed by atoms with Gasteiger partial charge in [0.2, 0.25) is 0 Å². The first-order valence-corrected chi connectivity index (χ1v) is 4.23. The fraction of sp³-hybridized carbons (Fsp3) is 0.556. The molecular formula is C9H14N2O. The molecule has 1 aromatic heterocycles. The predicted molar refractivity (Wildman–Crippen MR) is 47.3 cm³/mol. The number of carbonyl (C=O) groups excluding carboxylic acids is 1. The summed E-state index contributed by atoms with van der Waals surface area (Å²) in [4.78, 5) is 11.2. The van der Waals surface area contributed by atoms with Crippen molar-refractivity contribution in [1.29, 1.82) is 0 Å². The van der Waals surface area contributed by atoms with E-state index in [1.165, 1.54) is 0 Å². The predicted octanol–water partition coefficient (Wildman–Crippen LogP) is 2.13. The number of Topliss-reactive ketones (excluding diaryl/α,β-unsaturated/α-hetero) is 1. The van der Waals surface area contributed by atoms with Crippen molar-refractivity contribution in [2.24, 2.45) is 0 Å². The number of aromatic amines is 1. The van der Waals surface area contributed by atoms with Crippen molar-refractivity contribution in [1.82, 2.24) is 10.2 Å². The number of hydrogen-bond donors (Lipinski definition) is 1. The van der Waals surface area contributed by atoms with Gasteiger partial charge in [0.1, 0.15) is 5.69 Å². The topological polar surface area (TPSA) is 45.8 Å². The molecule has 0 spiro atoms. The maximum Gasteiger partial charge on any atom is 0.182 e. The monoisotopic (exact) mass is 166 g/mol. The number of aromatic nitrogens is 2. The van der Waals surface area contributed by atoms with Gasteiger partial charge in [-0.05, 0) is 12.0 Å². The van der Waals surface area contributed by atoms with E-state index in [4.69, 9.17) is 0 Å². The SMILES string of the molecule is CCC(=O)c1cc(C(C)C)[nH]n1. The highest BCUT2D eigenvalue weighted by Gasteiger charge is 2.09. The minimum absolute atomic E-state index is 0.0955. The number of H-pyrrole nitrogens is 1. The summed E-state index contributed by atoms with van der Waals surface area (Å²) in [5.41, 5.74) is 1.58. The Bertz CT molecular complexity index is 276. The lowest BCUT2D eigenvalue weighted by molar-refractivity contribution is 0.0983. The lowest BCUT2D eigenvalue weighted by Gasteiger charge is -1.96. The van der Waals surface area contributed by atoms with Gasteiger partial charge in [0.15, 0.2) is 5.78 Å². The molecule has 66 valence electrons. The van der Waals surface area contributed by atoms with Gasteiger partial charge in [-0.2, -0.15) is 5.10 Å². The van der Waals surface area contributed by atoms with Crippen molar-refractivity contribution < 1.29 is 4.79 Å². The Labute approximate surface area is 72.2 Å². The van der Waals surface area contributed by atoms with Crippen LogP contribution in [0, 0.1) is 0 Å². The molecular weight excluding hydrogens is 152 g/mol. The zero-order valence-electron chi connectivity index (χ0n) is 7.72. The van der Waals surface area contributed by atoms with E-state index in [-0.39, 0.29) is 5.78 Å². The van der Waals surface area contributed by atoms with Crippen molar-refractivity contribution in [3.8, 4) is 0 Å². The number of nitrogens with zero attached hydrogens (tertiary/aromatic N) is 1. The molecule has 0 unspecified atom stereocenters. The van der Waals surface area contributed by atoms with Crippen LogP contribution in [0.5, 0.6) is 0 Å². The molecule has 0 aliphatic heterocycles. The lowest BCUT2D eigenvalue weighted by atomic mass is 10.1. The smallest absolute Gasteiger partial charge is 0.182 e. The van der Waals surface area contributed by atoms with Gasteiger partial charge in [0.25, 0.3) is 0 Å². The van der Waals surface area contributed by atoms with Crippen LogP contribution in [0.1, 0.15) is 49.3 Å². The largest absolute Gasteiger partial charge is 0.292 e. The van der Waals surface area contributed by atoms with Gasteiger partial charge < -0.3 is 0 Å². The molecule has 3 nitrogen and oxygen atoms in total. The van der Waals surface area contributed by atoms with Crippen LogP contribution in [0.3, 0.4) is 0 Å². The Morgan fingerprint density at radius 1 is 1.67 bits per heavy atom. The average molecular weight is 166 g/mol. The fourth-order valence-corrected chi connectivity index (χ4v) is 0.956. The number of rotatable bonds is 3. The zero-order valence-corrected chi connectivity index (χ0v) is 7.72. The highest BCUT2D eigenvalue weighted by Crippen LogP contribution is 2.12. The summed E-state index contributed by atoms with van der Waals surface area (Å²) in [6.45, 7) is 5.97. The number of carbonyl (C=O) groups is 1. The van der Waals surface area contributed by atoms with Crippen LogP contribution in [0.4, 0.5) is 0 Å². The Hall–Kier alpha value is -1.12. The second-order valence-corrected chi connectivity index (χ2v) is 3.14. The van der Waals surface area contributed by atoms with Crippen molar-refractivity contribution in [3.63, 3.8) is 0 Å². The summed E-state index contributed by atoms with van der Waals surface area (Å²) >= 11 is 0. The molecule has 12 heavy (non-hydrogen) atoms. The van der Waals surface area contributed by atoms with Gasteiger partial charge in [0, 0.05) is 12.1 Å². The minimum atomic E-state index is 0.0955. The van der Waals surface area contributed by atoms with Gasteiger partial charge in [-0.3, -0.25) is 9.89 Å². The Morgan fingerprint density at radius 2 is 2.33 bits per heavy atom. The first-order valence-electron chi connectivity index (χ1n) is 4.23. The molecule has 0 radical (unpaired) electrons. The Balaban J connectivity index is 2.84. The molecule has 1 rings (SSSR count). The summed E-state index contributed by atoms with van der Waals surface area (Å²) in [5, 5.41) is 6.78. The summed E-state index contributed by atoms with van der Waals surface area (Å²) < 4.78 is 0. The maximum absolute atomic E-state index is 11.2. The molecule has 0 bridgehead atoms. The normalized spacial score (nSPS) is 10.7. The van der Waals surface area contributed by atoms with Crippen LogP contribution in [0.2, 0.25) is 0 Å². The quantitative estimate of drug-likeness (QED) is 0.699. The molecule has 0 atom stereocenters. The molecule has 3 heteroatoms. The third kappa shape index (κ3) is 1.72. The molecule has 0 saturated heterocycles. The van der Waals surface area contributed by atoms with Crippen LogP contribution in [0.25, 0.3) is 0 Å². The van der Waals surface area contributed by atoms with E-state index in [2.05, 4.69) is 24.0 Å². The average Bonchev–Trinajstić information content (AvgIpc) is 2.51. The van der Waals surface area contributed by atoms with Crippen molar-refractivity contribution in [3.05, 3.63) is 17.5 Å². The van der Waals surface area contributed by atoms with Gasteiger partial charge >= 0.3 is 0 Å². The molecule has 1 N–H and O–H groups in total. The van der Waals surface area contributed by atoms with Gasteiger partial charge in [-0.15, -0.1) is 0 Å². The van der Waals surface area contributed by atoms with E-state index in [1.807, 2.05) is 13.0 Å². The fourth-order valence-electron chi connectivity index (χ4n) is 0.956. The standard InChI is InChI=1S/C9H14N2O/c1-4-9(12)8-5-7(6(2)3)10-11-8/h5-6H,4H2,1-3H3,(H,10,11). The van der Waals surface area contributed by atoms with E-state index in [9.17, 15) is 4.79 Å². The van der Waals surface area contributed by atoms with E-state index < -0.39 is 0 Å². The van der Waals surface area contributed by atoms with E-state index >= 15 is 0 Å². The van der Waals surface area contributed by atoms with E-state index in [0.29, 0.717) is 18.0 Å².